The van der Waals surface area contributed by atoms with Crippen molar-refractivity contribution in [3.05, 3.63) is 66.1 Å². The zero-order chi connectivity index (χ0) is 21.1. The number of rotatable bonds is 5. The van der Waals surface area contributed by atoms with E-state index in [1.807, 2.05) is 54.6 Å². The number of nitrogens with zero attached hydrogens (tertiary/aromatic N) is 2. The van der Waals surface area contributed by atoms with Gasteiger partial charge in [-0.25, -0.2) is 4.98 Å². The van der Waals surface area contributed by atoms with Crippen LogP contribution in [0.1, 0.15) is 44.1 Å². The highest BCUT2D eigenvalue weighted by Gasteiger charge is 2.33. The molecule has 3 aromatic rings. The number of esters is 1. The number of hydrogen-bond acceptors (Lipinski definition) is 5. The van der Waals surface area contributed by atoms with Crippen molar-refractivity contribution in [1.82, 2.24) is 9.88 Å². The fourth-order valence-electron chi connectivity index (χ4n) is 3.81. The van der Waals surface area contributed by atoms with Crippen molar-refractivity contribution in [3.8, 4) is 0 Å². The molecule has 0 N–H and O–H groups in total. The lowest BCUT2D eigenvalue weighted by atomic mass is 9.85. The van der Waals surface area contributed by atoms with Gasteiger partial charge in [0.1, 0.15) is 5.52 Å². The van der Waals surface area contributed by atoms with Crippen LogP contribution in [-0.4, -0.2) is 41.5 Å². The Morgan fingerprint density at radius 3 is 2.43 bits per heavy atom. The van der Waals surface area contributed by atoms with E-state index in [1.54, 1.807) is 18.7 Å². The van der Waals surface area contributed by atoms with Gasteiger partial charge in [0.2, 0.25) is 0 Å². The Kier molecular flexibility index (Phi) is 5.57. The van der Waals surface area contributed by atoms with E-state index < -0.39 is 11.4 Å². The lowest BCUT2D eigenvalue weighted by molar-refractivity contribution is -0.156. The molecule has 0 saturated carbocycles. The van der Waals surface area contributed by atoms with Crippen LogP contribution in [0, 0.1) is 0 Å². The van der Waals surface area contributed by atoms with Gasteiger partial charge in [-0.2, -0.15) is 0 Å². The molecule has 0 radical (unpaired) electrons. The average molecular weight is 406 g/mol. The number of carbonyl (C=O) groups excluding carboxylic acids is 2. The third-order valence-electron chi connectivity index (χ3n) is 5.84. The monoisotopic (exact) mass is 406 g/mol. The number of oxazole rings is 1. The van der Waals surface area contributed by atoms with E-state index >= 15 is 0 Å². The fraction of sp³-hybridized carbons (Fsp3) is 0.375. The van der Waals surface area contributed by atoms with E-state index in [9.17, 15) is 9.59 Å². The Morgan fingerprint density at radius 1 is 1.07 bits per heavy atom. The number of amides is 1. The van der Waals surface area contributed by atoms with Crippen molar-refractivity contribution in [2.75, 3.05) is 19.7 Å². The van der Waals surface area contributed by atoms with Gasteiger partial charge in [0.15, 0.2) is 18.1 Å². The summed E-state index contributed by atoms with van der Waals surface area (Å²) in [6.45, 7) is 4.58. The van der Waals surface area contributed by atoms with Gasteiger partial charge in [-0.15, -0.1) is 0 Å². The number of para-hydroxylation sites is 2. The maximum atomic E-state index is 12.6. The zero-order valence-electron chi connectivity index (χ0n) is 17.3. The number of carbonyl (C=O) groups is 2. The molecule has 1 amide bonds. The van der Waals surface area contributed by atoms with Crippen molar-refractivity contribution in [2.45, 2.75) is 38.0 Å². The molecule has 2 aromatic carbocycles. The quantitative estimate of drug-likeness (QED) is 0.598. The second kappa shape index (κ2) is 8.30. The summed E-state index contributed by atoms with van der Waals surface area (Å²) >= 11 is 0. The standard InChI is InChI=1S/C24H26N2O4/c1-24(2,18-8-4-3-5-9-18)23(28)29-16-21(27)26-14-12-17(13-15-26)22-25-19-10-6-7-11-20(19)30-22/h3-11,17H,12-16H2,1-2H3. The molecule has 0 spiro atoms. The van der Waals surface area contributed by atoms with E-state index in [4.69, 9.17) is 9.15 Å². The first-order chi connectivity index (χ1) is 14.4. The maximum Gasteiger partial charge on any atom is 0.316 e. The van der Waals surface area contributed by atoms with Gasteiger partial charge in [0.05, 0.1) is 5.41 Å². The molecule has 0 atom stereocenters. The highest BCUT2D eigenvalue weighted by Crippen LogP contribution is 2.30. The Labute approximate surface area is 175 Å². The molecule has 6 heteroatoms. The normalized spacial score (nSPS) is 15.3. The molecule has 1 fully saturated rings. The summed E-state index contributed by atoms with van der Waals surface area (Å²) in [4.78, 5) is 31.5. The third kappa shape index (κ3) is 4.08. The van der Waals surface area contributed by atoms with E-state index in [0.717, 1.165) is 35.4 Å². The number of ether oxygens (including phenoxy) is 1. The molecule has 30 heavy (non-hydrogen) atoms. The number of hydrogen-bond donors (Lipinski definition) is 0. The van der Waals surface area contributed by atoms with Gasteiger partial charge in [-0.3, -0.25) is 9.59 Å². The van der Waals surface area contributed by atoms with Crippen molar-refractivity contribution >= 4 is 23.0 Å². The van der Waals surface area contributed by atoms with Crippen molar-refractivity contribution in [3.63, 3.8) is 0 Å². The third-order valence-corrected chi connectivity index (χ3v) is 5.84. The first kappa shape index (κ1) is 20.1. The summed E-state index contributed by atoms with van der Waals surface area (Å²) in [5.41, 5.74) is 1.71. The first-order valence-electron chi connectivity index (χ1n) is 10.3. The largest absolute Gasteiger partial charge is 0.455 e. The molecule has 0 aliphatic carbocycles. The molecule has 4 rings (SSSR count). The minimum absolute atomic E-state index is 0.164. The van der Waals surface area contributed by atoms with Crippen LogP contribution < -0.4 is 0 Å². The van der Waals surface area contributed by atoms with Crippen LogP contribution in [0.4, 0.5) is 0 Å². The maximum absolute atomic E-state index is 12.6. The van der Waals surface area contributed by atoms with Crippen molar-refractivity contribution in [1.29, 1.82) is 0 Å². The smallest absolute Gasteiger partial charge is 0.316 e. The summed E-state index contributed by atoms with van der Waals surface area (Å²) in [6.07, 6.45) is 1.56. The van der Waals surface area contributed by atoms with Crippen LogP contribution in [0.3, 0.4) is 0 Å². The summed E-state index contributed by atoms with van der Waals surface area (Å²) in [5, 5.41) is 0. The van der Waals surface area contributed by atoms with Gasteiger partial charge in [-0.1, -0.05) is 42.5 Å². The van der Waals surface area contributed by atoms with Crippen LogP contribution >= 0.6 is 0 Å². The molecule has 156 valence electrons. The van der Waals surface area contributed by atoms with E-state index in [0.29, 0.717) is 13.1 Å². The van der Waals surface area contributed by atoms with Crippen LogP contribution in [0.25, 0.3) is 11.1 Å². The van der Waals surface area contributed by atoms with Crippen LogP contribution in [0.5, 0.6) is 0 Å². The van der Waals surface area contributed by atoms with Gasteiger partial charge in [0.25, 0.3) is 5.91 Å². The summed E-state index contributed by atoms with van der Waals surface area (Å²) in [6, 6.07) is 17.2. The van der Waals surface area contributed by atoms with Crippen molar-refractivity contribution in [2.24, 2.45) is 0 Å². The molecule has 1 saturated heterocycles. The summed E-state index contributed by atoms with van der Waals surface area (Å²) < 4.78 is 11.2. The number of aromatic nitrogens is 1. The number of likely N-dealkylation sites (tertiary alicyclic amines) is 1. The van der Waals surface area contributed by atoms with E-state index in [-0.39, 0.29) is 18.4 Å². The molecule has 2 heterocycles. The second-order valence-electron chi connectivity index (χ2n) is 8.24. The van der Waals surface area contributed by atoms with Crippen LogP contribution in [0.2, 0.25) is 0 Å². The van der Waals surface area contributed by atoms with Crippen LogP contribution in [-0.2, 0) is 19.7 Å². The van der Waals surface area contributed by atoms with Gasteiger partial charge in [-0.05, 0) is 44.4 Å². The SMILES string of the molecule is CC(C)(C(=O)OCC(=O)N1CCC(c2nc3ccccc3o2)CC1)c1ccccc1. The lowest BCUT2D eigenvalue weighted by Gasteiger charge is -2.31. The number of benzene rings is 2. The fourth-order valence-corrected chi connectivity index (χ4v) is 3.81. The Hall–Kier alpha value is -3.15. The van der Waals surface area contributed by atoms with E-state index in [1.165, 1.54) is 0 Å². The highest BCUT2D eigenvalue weighted by molar-refractivity contribution is 5.85. The van der Waals surface area contributed by atoms with Gasteiger partial charge >= 0.3 is 5.97 Å². The number of fused-ring (bicyclic) bond motifs is 1. The minimum atomic E-state index is -0.804. The molecule has 0 unspecified atom stereocenters. The van der Waals surface area contributed by atoms with E-state index in [2.05, 4.69) is 4.98 Å². The lowest BCUT2D eigenvalue weighted by Crippen LogP contribution is -2.41. The van der Waals surface area contributed by atoms with Crippen molar-refractivity contribution < 1.29 is 18.7 Å². The average Bonchev–Trinajstić information content (AvgIpc) is 3.22. The molecule has 1 aromatic heterocycles. The minimum Gasteiger partial charge on any atom is -0.455 e. The molecular formula is C24H26N2O4. The van der Waals surface area contributed by atoms with Gasteiger partial charge < -0.3 is 14.1 Å². The predicted molar refractivity (Wildman–Crippen MR) is 113 cm³/mol. The topological polar surface area (TPSA) is 72.6 Å². The van der Waals surface area contributed by atoms with Gasteiger partial charge in [0, 0.05) is 19.0 Å². The Morgan fingerprint density at radius 2 is 1.73 bits per heavy atom. The number of piperidine rings is 1. The highest BCUT2D eigenvalue weighted by atomic mass is 16.5. The van der Waals surface area contributed by atoms with Crippen LogP contribution in [0.15, 0.2) is 59.0 Å². The molecule has 1 aliphatic rings. The summed E-state index contributed by atoms with van der Waals surface area (Å²) in [7, 11) is 0. The second-order valence-corrected chi connectivity index (χ2v) is 8.24. The molecular weight excluding hydrogens is 380 g/mol. The molecule has 6 nitrogen and oxygen atoms in total. The molecule has 1 aliphatic heterocycles. The Bertz CT molecular complexity index is 1000. The first-order valence-corrected chi connectivity index (χ1v) is 10.3. The zero-order valence-corrected chi connectivity index (χ0v) is 17.3. The summed E-state index contributed by atoms with van der Waals surface area (Å²) in [5.74, 6) is 0.368. The molecule has 0 bridgehead atoms. The Balaban J connectivity index is 1.29. The predicted octanol–water partition coefficient (Wildman–Crippen LogP) is 4.05.